The highest BCUT2D eigenvalue weighted by Gasteiger charge is 2.23. The van der Waals surface area contributed by atoms with Crippen molar-refractivity contribution in [3.8, 4) is 0 Å². The van der Waals surface area contributed by atoms with Crippen LogP contribution in [-0.4, -0.2) is 38.1 Å². The third kappa shape index (κ3) is 10.7. The highest BCUT2D eigenvalue weighted by Crippen LogP contribution is 2.19. The van der Waals surface area contributed by atoms with Crippen molar-refractivity contribution in [2.75, 3.05) is 13.2 Å². The van der Waals surface area contributed by atoms with Crippen molar-refractivity contribution in [1.82, 2.24) is 0 Å². The molecule has 178 valence electrons. The summed E-state index contributed by atoms with van der Waals surface area (Å²) in [6, 6.07) is 3.15. The molecule has 0 aromatic heterocycles. The molecule has 0 unspecified atom stereocenters. The van der Waals surface area contributed by atoms with Crippen LogP contribution in [0.15, 0.2) is 47.4 Å². The molecular formula is C24H34O7S. The monoisotopic (exact) mass is 466 g/mol. The Hall–Kier alpha value is -2.45. The van der Waals surface area contributed by atoms with Crippen LogP contribution >= 0.6 is 0 Å². The fraction of sp³-hybridized carbons (Fsp3) is 0.500. The number of allylic oxidation sites excluding steroid dienone is 4. The fourth-order valence-corrected chi connectivity index (χ4v) is 3.32. The number of esters is 2. The molecule has 32 heavy (non-hydrogen) atoms. The van der Waals surface area contributed by atoms with Gasteiger partial charge in [-0.1, -0.05) is 38.2 Å². The molecule has 0 aliphatic rings. The Kier molecular flexibility index (Phi) is 13.2. The number of carbonyl (C=O) groups is 2. The van der Waals surface area contributed by atoms with Crippen LogP contribution in [0.3, 0.4) is 0 Å². The molecule has 0 fully saturated rings. The van der Waals surface area contributed by atoms with Gasteiger partial charge in [-0.2, -0.15) is 8.42 Å². The van der Waals surface area contributed by atoms with Gasteiger partial charge in [-0.25, -0.2) is 9.59 Å². The maximum Gasteiger partial charge on any atom is 0.339 e. The number of carbonyl (C=O) groups excluding carboxylic acids is 2. The van der Waals surface area contributed by atoms with Crippen molar-refractivity contribution in [2.24, 2.45) is 0 Å². The average molecular weight is 467 g/mol. The Labute approximate surface area is 191 Å². The van der Waals surface area contributed by atoms with E-state index in [0.717, 1.165) is 56.7 Å². The first-order chi connectivity index (χ1) is 15.3. The molecule has 0 atom stereocenters. The third-order valence-corrected chi connectivity index (χ3v) is 5.38. The van der Waals surface area contributed by atoms with Crippen LogP contribution < -0.4 is 0 Å². The van der Waals surface area contributed by atoms with Crippen LogP contribution in [-0.2, 0) is 19.6 Å². The number of benzene rings is 1. The molecule has 1 aromatic rings. The summed E-state index contributed by atoms with van der Waals surface area (Å²) in [7, 11) is -4.55. The van der Waals surface area contributed by atoms with Gasteiger partial charge in [0.1, 0.15) is 0 Å². The lowest BCUT2D eigenvalue weighted by atomic mass is 10.1. The summed E-state index contributed by atoms with van der Waals surface area (Å²) >= 11 is 0. The van der Waals surface area contributed by atoms with Gasteiger partial charge in [-0.05, 0) is 69.6 Å². The lowest BCUT2D eigenvalue weighted by Crippen LogP contribution is -2.16. The first kappa shape index (κ1) is 27.6. The Morgan fingerprint density at radius 3 is 1.78 bits per heavy atom. The maximum absolute atomic E-state index is 12.5. The molecule has 0 radical (unpaired) electrons. The smallest absolute Gasteiger partial charge is 0.339 e. The lowest BCUT2D eigenvalue weighted by Gasteiger charge is -2.11. The van der Waals surface area contributed by atoms with Gasteiger partial charge in [0.05, 0.1) is 29.2 Å². The Bertz CT molecular complexity index is 886. The topological polar surface area (TPSA) is 107 Å². The van der Waals surface area contributed by atoms with Gasteiger partial charge in [-0.3, -0.25) is 4.55 Å². The second kappa shape index (κ2) is 15.4. The van der Waals surface area contributed by atoms with Gasteiger partial charge in [0.2, 0.25) is 0 Å². The molecule has 1 N–H and O–H groups in total. The molecule has 1 rings (SSSR count). The van der Waals surface area contributed by atoms with Crippen molar-refractivity contribution in [2.45, 2.75) is 70.1 Å². The molecule has 0 bridgehead atoms. The van der Waals surface area contributed by atoms with Crippen LogP contribution in [0.5, 0.6) is 0 Å². The van der Waals surface area contributed by atoms with Crippen LogP contribution in [0.25, 0.3) is 0 Å². The van der Waals surface area contributed by atoms with Gasteiger partial charge in [0.25, 0.3) is 10.1 Å². The van der Waals surface area contributed by atoms with E-state index in [-0.39, 0.29) is 24.3 Å². The molecule has 0 saturated carbocycles. The predicted octanol–water partition coefficient (Wildman–Crippen LogP) is 5.52. The summed E-state index contributed by atoms with van der Waals surface area (Å²) in [5.74, 6) is -1.58. The standard InChI is InChI=1S/C24H34O7S/c1-3-5-7-9-11-13-17-30-23(25)21-16-15-20(32(27,28)29)19-22(21)24(26)31-18-14-12-10-8-6-4-2/h5-8,15-16,19H,3-4,9-14,17-18H2,1-2H3,(H,27,28,29)/b7-5+,8-6+. The molecular weight excluding hydrogens is 432 g/mol. The number of unbranched alkanes of at least 4 members (excludes halogenated alkanes) is 4. The highest BCUT2D eigenvalue weighted by molar-refractivity contribution is 7.85. The zero-order valence-corrected chi connectivity index (χ0v) is 19.7. The largest absolute Gasteiger partial charge is 0.462 e. The molecule has 1 aromatic carbocycles. The maximum atomic E-state index is 12.5. The van der Waals surface area contributed by atoms with Gasteiger partial charge in [0.15, 0.2) is 0 Å². The van der Waals surface area contributed by atoms with Gasteiger partial charge in [-0.15, -0.1) is 0 Å². The quantitative estimate of drug-likeness (QED) is 0.157. The Morgan fingerprint density at radius 2 is 1.31 bits per heavy atom. The summed E-state index contributed by atoms with van der Waals surface area (Å²) in [5.41, 5.74) is -0.346. The van der Waals surface area contributed by atoms with Crippen molar-refractivity contribution >= 4 is 22.1 Å². The highest BCUT2D eigenvalue weighted by atomic mass is 32.2. The van der Waals surface area contributed by atoms with E-state index in [1.807, 2.05) is 6.92 Å². The van der Waals surface area contributed by atoms with Crippen LogP contribution in [0.1, 0.15) is 85.9 Å². The summed E-state index contributed by atoms with van der Waals surface area (Å²) < 4.78 is 42.7. The van der Waals surface area contributed by atoms with E-state index in [2.05, 4.69) is 31.2 Å². The minimum Gasteiger partial charge on any atom is -0.462 e. The minimum absolute atomic E-state index is 0.0980. The molecule has 0 amide bonds. The lowest BCUT2D eigenvalue weighted by molar-refractivity contribution is 0.0451. The third-order valence-electron chi connectivity index (χ3n) is 4.53. The molecule has 0 heterocycles. The minimum atomic E-state index is -4.55. The molecule has 0 saturated heterocycles. The van der Waals surface area contributed by atoms with Crippen LogP contribution in [0.2, 0.25) is 0 Å². The zero-order chi connectivity index (χ0) is 23.8. The van der Waals surface area contributed by atoms with Gasteiger partial charge >= 0.3 is 11.9 Å². The number of hydrogen-bond donors (Lipinski definition) is 1. The summed E-state index contributed by atoms with van der Waals surface area (Å²) in [6.07, 6.45) is 14.9. The summed E-state index contributed by atoms with van der Waals surface area (Å²) in [4.78, 5) is 24.5. The number of ether oxygens (including phenoxy) is 2. The van der Waals surface area contributed by atoms with E-state index < -0.39 is 27.0 Å². The first-order valence-electron chi connectivity index (χ1n) is 11.1. The van der Waals surface area contributed by atoms with E-state index >= 15 is 0 Å². The van der Waals surface area contributed by atoms with E-state index in [1.54, 1.807) is 0 Å². The number of hydrogen-bond acceptors (Lipinski definition) is 6. The average Bonchev–Trinajstić information content (AvgIpc) is 2.76. The molecule has 0 aliphatic carbocycles. The van der Waals surface area contributed by atoms with E-state index in [9.17, 15) is 22.6 Å². The molecule has 7 nitrogen and oxygen atoms in total. The van der Waals surface area contributed by atoms with Crippen molar-refractivity contribution in [3.05, 3.63) is 53.6 Å². The first-order valence-corrected chi connectivity index (χ1v) is 12.5. The van der Waals surface area contributed by atoms with E-state index in [1.165, 1.54) is 0 Å². The normalized spacial score (nSPS) is 11.8. The molecule has 0 aliphatic heterocycles. The number of rotatable bonds is 15. The molecule has 0 spiro atoms. The second-order valence-electron chi connectivity index (χ2n) is 7.21. The second-order valence-corrected chi connectivity index (χ2v) is 8.63. The summed E-state index contributed by atoms with van der Waals surface area (Å²) in [6.45, 7) is 4.42. The fourth-order valence-electron chi connectivity index (χ4n) is 2.81. The van der Waals surface area contributed by atoms with E-state index in [0.29, 0.717) is 12.8 Å². The van der Waals surface area contributed by atoms with Crippen LogP contribution in [0.4, 0.5) is 0 Å². The summed E-state index contributed by atoms with van der Waals surface area (Å²) in [5, 5.41) is 0. The predicted molar refractivity (Wildman–Crippen MR) is 123 cm³/mol. The van der Waals surface area contributed by atoms with Crippen molar-refractivity contribution in [1.29, 1.82) is 0 Å². The Balaban J connectivity index is 2.77. The van der Waals surface area contributed by atoms with Crippen LogP contribution in [0, 0.1) is 0 Å². The van der Waals surface area contributed by atoms with Gasteiger partial charge < -0.3 is 9.47 Å². The van der Waals surface area contributed by atoms with Crippen molar-refractivity contribution < 1.29 is 32.0 Å². The van der Waals surface area contributed by atoms with Gasteiger partial charge in [0, 0.05) is 0 Å². The van der Waals surface area contributed by atoms with Crippen molar-refractivity contribution in [3.63, 3.8) is 0 Å². The Morgan fingerprint density at radius 1 is 0.812 bits per heavy atom. The SMILES string of the molecule is CC/C=C/CCCCOC(=O)c1ccc(S(=O)(=O)O)cc1C(=O)OCCCC/C=C/CC. The molecule has 8 heteroatoms. The van der Waals surface area contributed by atoms with E-state index in [4.69, 9.17) is 9.47 Å². The zero-order valence-electron chi connectivity index (χ0n) is 18.9.